The van der Waals surface area contributed by atoms with Crippen LogP contribution >= 0.6 is 0 Å². The number of rotatable bonds is 4. The molecule has 0 saturated carbocycles. The van der Waals surface area contributed by atoms with Gasteiger partial charge in [-0.15, -0.1) is 0 Å². The molecular formula is C14H22. The second-order valence-corrected chi connectivity index (χ2v) is 4.55. The van der Waals surface area contributed by atoms with Crippen molar-refractivity contribution in [3.05, 3.63) is 35.4 Å². The predicted octanol–water partition coefficient (Wildman–Crippen LogP) is 4.22. The Morgan fingerprint density at radius 2 is 1.57 bits per heavy atom. The topological polar surface area (TPSA) is 0 Å². The molecule has 2 atom stereocenters. The fraction of sp³-hybridized carbons (Fsp3) is 0.571. The van der Waals surface area contributed by atoms with Crippen molar-refractivity contribution in [3.8, 4) is 0 Å². The Labute approximate surface area is 88.4 Å². The monoisotopic (exact) mass is 190 g/mol. The molecule has 0 radical (unpaired) electrons. The van der Waals surface area contributed by atoms with Gasteiger partial charge in [0.15, 0.2) is 0 Å². The maximum absolute atomic E-state index is 2.36. The quantitative estimate of drug-likeness (QED) is 0.667. The Hall–Kier alpha value is -0.780. The first kappa shape index (κ1) is 11.3. The first-order valence-corrected chi connectivity index (χ1v) is 5.69. The van der Waals surface area contributed by atoms with Crippen molar-refractivity contribution in [2.75, 3.05) is 0 Å². The highest BCUT2D eigenvalue weighted by Gasteiger charge is 2.10. The molecule has 1 aromatic rings. The standard InChI is InChI=1S/C14H22/c1-5-12(3)13(4)10-14-8-6-11(2)7-9-14/h6-9,12-13H,5,10H2,1-4H3. The Morgan fingerprint density at radius 1 is 1.00 bits per heavy atom. The zero-order valence-corrected chi connectivity index (χ0v) is 9.88. The lowest BCUT2D eigenvalue weighted by Crippen LogP contribution is -2.09. The summed E-state index contributed by atoms with van der Waals surface area (Å²) in [6.07, 6.45) is 2.50. The zero-order chi connectivity index (χ0) is 10.6. The van der Waals surface area contributed by atoms with E-state index < -0.39 is 0 Å². The summed E-state index contributed by atoms with van der Waals surface area (Å²) in [6.45, 7) is 9.12. The van der Waals surface area contributed by atoms with Crippen molar-refractivity contribution in [1.29, 1.82) is 0 Å². The minimum atomic E-state index is 0.794. The van der Waals surface area contributed by atoms with Gasteiger partial charge in [0.1, 0.15) is 0 Å². The fourth-order valence-electron chi connectivity index (χ4n) is 1.70. The molecule has 0 heteroatoms. The molecule has 78 valence electrons. The van der Waals surface area contributed by atoms with Gasteiger partial charge < -0.3 is 0 Å². The van der Waals surface area contributed by atoms with Crippen LogP contribution in [-0.2, 0) is 6.42 Å². The van der Waals surface area contributed by atoms with Gasteiger partial charge in [-0.25, -0.2) is 0 Å². The normalized spacial score (nSPS) is 15.1. The van der Waals surface area contributed by atoms with Gasteiger partial charge >= 0.3 is 0 Å². The van der Waals surface area contributed by atoms with Crippen LogP contribution in [0.3, 0.4) is 0 Å². The summed E-state index contributed by atoms with van der Waals surface area (Å²) in [5.74, 6) is 1.62. The molecule has 0 nitrogen and oxygen atoms in total. The van der Waals surface area contributed by atoms with Crippen LogP contribution in [0.4, 0.5) is 0 Å². The van der Waals surface area contributed by atoms with E-state index in [2.05, 4.69) is 52.0 Å². The highest BCUT2D eigenvalue weighted by molar-refractivity contribution is 5.21. The number of hydrogen-bond acceptors (Lipinski definition) is 0. The molecule has 14 heavy (non-hydrogen) atoms. The van der Waals surface area contributed by atoms with Crippen LogP contribution in [-0.4, -0.2) is 0 Å². The SMILES string of the molecule is CCC(C)C(C)Cc1ccc(C)cc1. The van der Waals surface area contributed by atoms with Crippen molar-refractivity contribution in [3.63, 3.8) is 0 Å². The van der Waals surface area contributed by atoms with Crippen LogP contribution < -0.4 is 0 Å². The Bertz CT molecular complexity index is 258. The van der Waals surface area contributed by atoms with Crippen LogP contribution in [0, 0.1) is 18.8 Å². The molecule has 2 unspecified atom stereocenters. The summed E-state index contributed by atoms with van der Waals surface area (Å²) in [5, 5.41) is 0. The molecule has 0 spiro atoms. The molecule has 0 saturated heterocycles. The fourth-order valence-corrected chi connectivity index (χ4v) is 1.70. The Morgan fingerprint density at radius 3 is 2.07 bits per heavy atom. The molecule has 0 heterocycles. The first-order valence-electron chi connectivity index (χ1n) is 5.69. The van der Waals surface area contributed by atoms with E-state index in [1.54, 1.807) is 0 Å². The van der Waals surface area contributed by atoms with Crippen LogP contribution in [0.25, 0.3) is 0 Å². The van der Waals surface area contributed by atoms with Crippen molar-refractivity contribution >= 4 is 0 Å². The lowest BCUT2D eigenvalue weighted by atomic mass is 9.88. The van der Waals surface area contributed by atoms with Gasteiger partial charge in [-0.3, -0.25) is 0 Å². The molecule has 1 aromatic carbocycles. The van der Waals surface area contributed by atoms with E-state index >= 15 is 0 Å². The Kier molecular flexibility index (Phi) is 4.19. The molecular weight excluding hydrogens is 168 g/mol. The molecule has 0 amide bonds. The maximum Gasteiger partial charge on any atom is -0.0250 e. The summed E-state index contributed by atoms with van der Waals surface area (Å²) >= 11 is 0. The van der Waals surface area contributed by atoms with E-state index in [1.165, 1.54) is 24.0 Å². The third-order valence-corrected chi connectivity index (χ3v) is 3.29. The van der Waals surface area contributed by atoms with Gasteiger partial charge in [0, 0.05) is 0 Å². The molecule has 0 aliphatic rings. The van der Waals surface area contributed by atoms with E-state index in [9.17, 15) is 0 Å². The lowest BCUT2D eigenvalue weighted by Gasteiger charge is -2.18. The highest BCUT2D eigenvalue weighted by atomic mass is 14.2. The molecule has 1 rings (SSSR count). The second kappa shape index (κ2) is 5.19. The minimum Gasteiger partial charge on any atom is -0.0651 e. The highest BCUT2D eigenvalue weighted by Crippen LogP contribution is 2.19. The summed E-state index contributed by atoms with van der Waals surface area (Å²) in [7, 11) is 0. The van der Waals surface area contributed by atoms with Crippen molar-refractivity contribution < 1.29 is 0 Å². The van der Waals surface area contributed by atoms with E-state index in [0.29, 0.717) is 0 Å². The number of hydrogen-bond donors (Lipinski definition) is 0. The third-order valence-electron chi connectivity index (χ3n) is 3.29. The molecule has 0 aliphatic carbocycles. The van der Waals surface area contributed by atoms with Crippen LogP contribution in [0.15, 0.2) is 24.3 Å². The van der Waals surface area contributed by atoms with Gasteiger partial charge in [0.25, 0.3) is 0 Å². The molecule has 0 fully saturated rings. The molecule has 0 aromatic heterocycles. The van der Waals surface area contributed by atoms with Crippen LogP contribution in [0.1, 0.15) is 38.3 Å². The van der Waals surface area contributed by atoms with Crippen molar-refractivity contribution in [2.45, 2.75) is 40.5 Å². The zero-order valence-electron chi connectivity index (χ0n) is 9.88. The van der Waals surface area contributed by atoms with Gasteiger partial charge in [-0.05, 0) is 30.7 Å². The Balaban J connectivity index is 2.56. The average molecular weight is 190 g/mol. The van der Waals surface area contributed by atoms with Gasteiger partial charge in [0.05, 0.1) is 0 Å². The predicted molar refractivity (Wildman–Crippen MR) is 63.5 cm³/mol. The summed E-state index contributed by atoms with van der Waals surface area (Å²) in [5.41, 5.74) is 2.83. The van der Waals surface area contributed by atoms with Crippen LogP contribution in [0.2, 0.25) is 0 Å². The largest absolute Gasteiger partial charge is 0.0651 e. The second-order valence-electron chi connectivity index (χ2n) is 4.55. The summed E-state index contributed by atoms with van der Waals surface area (Å²) < 4.78 is 0. The van der Waals surface area contributed by atoms with Gasteiger partial charge in [-0.2, -0.15) is 0 Å². The number of benzene rings is 1. The molecule has 0 N–H and O–H groups in total. The minimum absolute atomic E-state index is 0.794. The lowest BCUT2D eigenvalue weighted by molar-refractivity contribution is 0.375. The van der Waals surface area contributed by atoms with E-state index in [1.807, 2.05) is 0 Å². The maximum atomic E-state index is 2.36. The summed E-state index contributed by atoms with van der Waals surface area (Å²) in [4.78, 5) is 0. The first-order chi connectivity index (χ1) is 6.63. The van der Waals surface area contributed by atoms with Gasteiger partial charge in [0.2, 0.25) is 0 Å². The summed E-state index contributed by atoms with van der Waals surface area (Å²) in [6, 6.07) is 8.93. The van der Waals surface area contributed by atoms with E-state index in [4.69, 9.17) is 0 Å². The van der Waals surface area contributed by atoms with Crippen molar-refractivity contribution in [1.82, 2.24) is 0 Å². The molecule has 0 aliphatic heterocycles. The average Bonchev–Trinajstić information content (AvgIpc) is 2.20. The van der Waals surface area contributed by atoms with Crippen LogP contribution in [0.5, 0.6) is 0 Å². The van der Waals surface area contributed by atoms with E-state index in [-0.39, 0.29) is 0 Å². The third kappa shape index (κ3) is 3.17. The van der Waals surface area contributed by atoms with E-state index in [0.717, 1.165) is 11.8 Å². The molecule has 0 bridgehead atoms. The number of aryl methyl sites for hydroxylation is 1. The van der Waals surface area contributed by atoms with Crippen molar-refractivity contribution in [2.24, 2.45) is 11.8 Å². The smallest absolute Gasteiger partial charge is 0.0250 e. The van der Waals surface area contributed by atoms with Gasteiger partial charge in [-0.1, -0.05) is 57.0 Å².